The van der Waals surface area contributed by atoms with Crippen LogP contribution in [0.3, 0.4) is 0 Å². The lowest BCUT2D eigenvalue weighted by atomic mass is 9.96. The lowest BCUT2D eigenvalue weighted by Crippen LogP contribution is -1.97. The van der Waals surface area contributed by atoms with Gasteiger partial charge >= 0.3 is 0 Å². The van der Waals surface area contributed by atoms with Crippen LogP contribution in [0.4, 0.5) is 0 Å². The molecule has 1 aromatic carbocycles. The largest absolute Gasteiger partial charge is 0.497 e. The van der Waals surface area contributed by atoms with E-state index in [1.807, 2.05) is 20.0 Å². The average molecular weight is 162 g/mol. The van der Waals surface area contributed by atoms with Gasteiger partial charge in [-0.15, -0.1) is 0 Å². The van der Waals surface area contributed by atoms with Crippen LogP contribution in [-0.4, -0.2) is 20.7 Å². The van der Waals surface area contributed by atoms with Gasteiger partial charge in [-0.1, -0.05) is 12.1 Å². The Morgan fingerprint density at radius 1 is 1.58 bits per heavy atom. The van der Waals surface area contributed by atoms with Crippen LogP contribution in [0.25, 0.3) is 0 Å². The summed E-state index contributed by atoms with van der Waals surface area (Å²) in [7, 11) is 3.44. The second kappa shape index (κ2) is 3.95. The number of methoxy groups -OCH3 is 1. The highest BCUT2D eigenvalue weighted by Crippen LogP contribution is 2.13. The minimum absolute atomic E-state index is 0.147. The van der Waals surface area contributed by atoms with Gasteiger partial charge in [0.25, 0.3) is 0 Å². The molecule has 0 heterocycles. The zero-order chi connectivity index (χ0) is 8.97. The number of carbonyl (C=O) groups excluding carboxylic acids is 1. The van der Waals surface area contributed by atoms with Crippen molar-refractivity contribution in [3.05, 3.63) is 29.8 Å². The average Bonchev–Trinajstić information content (AvgIpc) is 2.17. The molecule has 0 aromatic heterocycles. The quantitative estimate of drug-likeness (QED) is 0.488. The van der Waals surface area contributed by atoms with Crippen LogP contribution in [0.15, 0.2) is 24.3 Å². The highest BCUT2D eigenvalue weighted by molar-refractivity contribution is 6.24. The van der Waals surface area contributed by atoms with Crippen molar-refractivity contribution in [3.63, 3.8) is 0 Å². The third-order valence-corrected chi connectivity index (χ3v) is 1.71. The second-order valence-corrected chi connectivity index (χ2v) is 2.51. The monoisotopic (exact) mass is 162 g/mol. The molecule has 3 heteroatoms. The summed E-state index contributed by atoms with van der Waals surface area (Å²) >= 11 is 0. The van der Waals surface area contributed by atoms with Gasteiger partial charge in [-0.05, 0) is 18.5 Å². The zero-order valence-electron chi connectivity index (χ0n) is 7.33. The molecule has 0 saturated heterocycles. The maximum atomic E-state index is 11.2. The van der Waals surface area contributed by atoms with Crippen LogP contribution < -0.4 is 4.74 Å². The SMILES string of the molecule is BCC(=O)c1cccc(OC)c1. The van der Waals surface area contributed by atoms with Crippen LogP contribution in [0, 0.1) is 0 Å². The Labute approximate surface area is 73.0 Å². The molecule has 0 aliphatic heterocycles. The van der Waals surface area contributed by atoms with Crippen molar-refractivity contribution in [2.24, 2.45) is 0 Å². The van der Waals surface area contributed by atoms with E-state index in [-0.39, 0.29) is 5.78 Å². The zero-order valence-corrected chi connectivity index (χ0v) is 7.33. The lowest BCUT2D eigenvalue weighted by Gasteiger charge is -2.01. The van der Waals surface area contributed by atoms with E-state index in [0.717, 1.165) is 11.3 Å². The van der Waals surface area contributed by atoms with Gasteiger partial charge < -0.3 is 4.74 Å². The number of benzene rings is 1. The number of carbonyl (C=O) groups is 1. The summed E-state index contributed by atoms with van der Waals surface area (Å²) in [4.78, 5) is 11.2. The maximum Gasteiger partial charge on any atom is 0.155 e. The van der Waals surface area contributed by atoms with Crippen molar-refractivity contribution in [1.82, 2.24) is 0 Å². The lowest BCUT2D eigenvalue weighted by molar-refractivity contribution is 0.101. The van der Waals surface area contributed by atoms with Crippen molar-refractivity contribution in [1.29, 1.82) is 0 Å². The molecule has 0 spiro atoms. The predicted octanol–water partition coefficient (Wildman–Crippen LogP) is 0.929. The summed E-state index contributed by atoms with van der Waals surface area (Å²) in [5.74, 6) is 0.878. The van der Waals surface area contributed by atoms with Crippen LogP contribution in [0.1, 0.15) is 10.4 Å². The highest BCUT2D eigenvalue weighted by atomic mass is 16.5. The Hall–Kier alpha value is -1.25. The molecule has 0 unspecified atom stereocenters. The van der Waals surface area contributed by atoms with Crippen molar-refractivity contribution >= 4 is 13.6 Å². The number of hydrogen-bond donors (Lipinski definition) is 0. The van der Waals surface area contributed by atoms with Crippen molar-refractivity contribution < 1.29 is 9.53 Å². The minimum atomic E-state index is 0.147. The molecule has 0 aliphatic carbocycles. The predicted molar refractivity (Wildman–Crippen MR) is 50.7 cm³/mol. The molecule has 0 atom stereocenters. The van der Waals surface area contributed by atoms with Crippen LogP contribution in [0.2, 0.25) is 6.32 Å². The number of Topliss-reactive ketones (excluding diaryl/α,β-unsaturated/α-hetero) is 1. The van der Waals surface area contributed by atoms with E-state index in [1.54, 1.807) is 19.2 Å². The van der Waals surface area contributed by atoms with Crippen LogP contribution in [-0.2, 0) is 0 Å². The molecule has 0 saturated carbocycles. The fourth-order valence-corrected chi connectivity index (χ4v) is 1.00. The van der Waals surface area contributed by atoms with Crippen LogP contribution >= 0.6 is 0 Å². The molecular formula is C9H11BO2. The van der Waals surface area contributed by atoms with Gasteiger partial charge in [-0.3, -0.25) is 4.79 Å². The first kappa shape index (κ1) is 8.85. The van der Waals surface area contributed by atoms with Crippen molar-refractivity contribution in [2.45, 2.75) is 6.32 Å². The van der Waals surface area contributed by atoms with Gasteiger partial charge in [0.2, 0.25) is 0 Å². The molecule has 2 nitrogen and oxygen atoms in total. The Morgan fingerprint density at radius 3 is 2.92 bits per heavy atom. The number of rotatable bonds is 3. The van der Waals surface area contributed by atoms with E-state index in [9.17, 15) is 4.79 Å². The first-order valence-electron chi connectivity index (χ1n) is 3.95. The molecule has 0 N–H and O–H groups in total. The molecule has 0 bridgehead atoms. The van der Waals surface area contributed by atoms with Gasteiger partial charge in [0.15, 0.2) is 5.78 Å². The molecular weight excluding hydrogens is 151 g/mol. The molecule has 0 amide bonds. The highest BCUT2D eigenvalue weighted by Gasteiger charge is 2.02. The summed E-state index contributed by atoms with van der Waals surface area (Å²) in [6.45, 7) is 0. The van der Waals surface area contributed by atoms with E-state index in [0.29, 0.717) is 6.32 Å². The standard InChI is InChI=1S/C9H11BO2/c1-12-8-4-2-3-7(5-8)9(11)6-10/h2-5H,6,10H2,1H3. The summed E-state index contributed by atoms with van der Waals surface area (Å²) in [5.41, 5.74) is 0.719. The van der Waals surface area contributed by atoms with Gasteiger partial charge in [0, 0.05) is 5.56 Å². The number of ether oxygens (including phenoxy) is 1. The Bertz CT molecular complexity index is 284. The summed E-state index contributed by atoms with van der Waals surface area (Å²) in [6, 6.07) is 7.20. The molecule has 12 heavy (non-hydrogen) atoms. The topological polar surface area (TPSA) is 26.3 Å². The fourth-order valence-electron chi connectivity index (χ4n) is 1.00. The molecule has 62 valence electrons. The first-order valence-corrected chi connectivity index (χ1v) is 3.95. The summed E-state index contributed by atoms with van der Waals surface area (Å²) < 4.78 is 5.00. The van der Waals surface area contributed by atoms with Gasteiger partial charge in [-0.25, -0.2) is 0 Å². The Balaban J connectivity index is 2.93. The van der Waals surface area contributed by atoms with Gasteiger partial charge in [0.1, 0.15) is 13.6 Å². The Kier molecular flexibility index (Phi) is 2.91. The number of ketones is 1. The third-order valence-electron chi connectivity index (χ3n) is 1.71. The molecule has 0 radical (unpaired) electrons. The molecule has 0 fully saturated rings. The van der Waals surface area contributed by atoms with Crippen LogP contribution in [0.5, 0.6) is 5.75 Å². The minimum Gasteiger partial charge on any atom is -0.497 e. The molecule has 0 aliphatic rings. The normalized spacial score (nSPS) is 9.42. The van der Waals surface area contributed by atoms with E-state index >= 15 is 0 Å². The summed E-state index contributed by atoms with van der Waals surface area (Å²) in [6.07, 6.45) is 0.535. The molecule has 1 rings (SSSR count). The van der Waals surface area contributed by atoms with Gasteiger partial charge in [0.05, 0.1) is 7.11 Å². The van der Waals surface area contributed by atoms with Crippen molar-refractivity contribution in [3.8, 4) is 5.75 Å². The van der Waals surface area contributed by atoms with E-state index in [2.05, 4.69) is 0 Å². The maximum absolute atomic E-state index is 11.2. The third kappa shape index (κ3) is 1.88. The van der Waals surface area contributed by atoms with Crippen molar-refractivity contribution in [2.75, 3.05) is 7.11 Å². The molecule has 1 aromatic rings. The van der Waals surface area contributed by atoms with E-state index < -0.39 is 0 Å². The Morgan fingerprint density at radius 2 is 2.33 bits per heavy atom. The van der Waals surface area contributed by atoms with E-state index in [1.165, 1.54) is 0 Å². The number of hydrogen-bond acceptors (Lipinski definition) is 2. The van der Waals surface area contributed by atoms with Gasteiger partial charge in [-0.2, -0.15) is 0 Å². The van der Waals surface area contributed by atoms with E-state index in [4.69, 9.17) is 4.74 Å². The fraction of sp³-hybridized carbons (Fsp3) is 0.222. The summed E-state index contributed by atoms with van der Waals surface area (Å²) in [5, 5.41) is 0. The first-order chi connectivity index (χ1) is 5.77. The second-order valence-electron chi connectivity index (χ2n) is 2.51. The smallest absolute Gasteiger partial charge is 0.155 e.